The molecular weight excluding hydrogens is 436 g/mol. The lowest BCUT2D eigenvalue weighted by Crippen LogP contribution is -2.42. The Hall–Kier alpha value is -3.35. The molecule has 0 saturated heterocycles. The lowest BCUT2D eigenvalue weighted by atomic mass is 9.90. The van der Waals surface area contributed by atoms with Crippen molar-refractivity contribution in [3.05, 3.63) is 70.6 Å². The van der Waals surface area contributed by atoms with Crippen molar-refractivity contribution in [2.24, 2.45) is 0 Å². The summed E-state index contributed by atoms with van der Waals surface area (Å²) in [5.74, 6) is -0.786. The minimum atomic E-state index is -0.458. The molecule has 2 N–H and O–H groups in total. The van der Waals surface area contributed by atoms with E-state index in [1.54, 1.807) is 12.1 Å². The minimum absolute atomic E-state index is 0.141. The highest BCUT2D eigenvalue weighted by Crippen LogP contribution is 2.36. The van der Waals surface area contributed by atoms with Gasteiger partial charge in [0.2, 0.25) is 0 Å². The van der Waals surface area contributed by atoms with Gasteiger partial charge in [-0.3, -0.25) is 4.79 Å². The Morgan fingerprint density at radius 2 is 2.09 bits per heavy atom. The monoisotopic (exact) mass is 465 g/mol. The van der Waals surface area contributed by atoms with Gasteiger partial charge in [0.25, 0.3) is 5.91 Å². The van der Waals surface area contributed by atoms with Crippen LogP contribution in [0.15, 0.2) is 42.2 Å². The number of ether oxygens (including phenoxy) is 1. The van der Waals surface area contributed by atoms with Gasteiger partial charge in [0.15, 0.2) is 11.6 Å². The number of carbonyl (C=O) groups is 1. The van der Waals surface area contributed by atoms with Gasteiger partial charge >= 0.3 is 0 Å². The molecule has 5 nitrogen and oxygen atoms in total. The van der Waals surface area contributed by atoms with E-state index in [2.05, 4.69) is 15.2 Å². The molecular formula is C27H29F2N3O2. The third-order valence-corrected chi connectivity index (χ3v) is 6.86. The van der Waals surface area contributed by atoms with Crippen LogP contribution in [-0.2, 0) is 6.42 Å². The lowest BCUT2D eigenvalue weighted by Gasteiger charge is -2.41. The number of carbonyl (C=O) groups excluding carboxylic acids is 1. The van der Waals surface area contributed by atoms with E-state index >= 15 is 0 Å². The van der Waals surface area contributed by atoms with Crippen LogP contribution in [0.4, 0.5) is 8.78 Å². The molecule has 0 radical (unpaired) electrons. The summed E-state index contributed by atoms with van der Waals surface area (Å²) in [5.41, 5.74) is 3.93. The summed E-state index contributed by atoms with van der Waals surface area (Å²) < 4.78 is 34.0. The first kappa shape index (κ1) is 22.4. The molecule has 0 bridgehead atoms. The SMILES string of the molecule is CCNC(=O)c1ccc(F)c2c1C=C(N(CCCc1c[nH]c3ccc(F)cc13)C1CCC1)CO2. The minimum Gasteiger partial charge on any atom is -0.484 e. The molecule has 7 heteroatoms. The van der Waals surface area contributed by atoms with Gasteiger partial charge in [0.05, 0.1) is 11.3 Å². The number of rotatable bonds is 8. The van der Waals surface area contributed by atoms with E-state index in [-0.39, 0.29) is 24.1 Å². The number of hydrogen-bond acceptors (Lipinski definition) is 3. The number of aromatic amines is 1. The Kier molecular flexibility index (Phi) is 6.26. The van der Waals surface area contributed by atoms with Crippen LogP contribution in [0.5, 0.6) is 5.75 Å². The predicted octanol–water partition coefficient (Wildman–Crippen LogP) is 5.42. The van der Waals surface area contributed by atoms with Crippen LogP contribution in [-0.4, -0.2) is 41.5 Å². The normalized spacial score (nSPS) is 15.3. The maximum atomic E-state index is 14.5. The smallest absolute Gasteiger partial charge is 0.252 e. The van der Waals surface area contributed by atoms with Crippen LogP contribution in [0, 0.1) is 11.6 Å². The number of nitrogens with one attached hydrogen (secondary N) is 2. The van der Waals surface area contributed by atoms with Crippen molar-refractivity contribution in [1.29, 1.82) is 0 Å². The first-order valence-electron chi connectivity index (χ1n) is 12.0. The number of nitrogens with zero attached hydrogens (tertiary/aromatic N) is 1. The zero-order valence-corrected chi connectivity index (χ0v) is 19.3. The molecule has 1 amide bonds. The Morgan fingerprint density at radius 3 is 2.85 bits per heavy atom. The van der Waals surface area contributed by atoms with Crippen molar-refractivity contribution in [2.75, 3.05) is 19.7 Å². The van der Waals surface area contributed by atoms with E-state index in [0.29, 0.717) is 23.7 Å². The number of fused-ring (bicyclic) bond motifs is 2. The summed E-state index contributed by atoms with van der Waals surface area (Å²) in [6.07, 6.45) is 8.98. The van der Waals surface area contributed by atoms with Crippen LogP contribution in [0.3, 0.4) is 0 Å². The molecule has 1 aliphatic heterocycles. The van der Waals surface area contributed by atoms with E-state index in [0.717, 1.165) is 54.4 Å². The molecule has 2 aromatic carbocycles. The number of hydrogen-bond donors (Lipinski definition) is 2. The second kappa shape index (κ2) is 9.49. The Morgan fingerprint density at radius 1 is 1.24 bits per heavy atom. The first-order chi connectivity index (χ1) is 16.5. The van der Waals surface area contributed by atoms with Crippen molar-refractivity contribution in [3.8, 4) is 5.75 Å². The molecule has 1 saturated carbocycles. The quantitative estimate of drug-likeness (QED) is 0.467. The predicted molar refractivity (Wildman–Crippen MR) is 129 cm³/mol. The zero-order valence-electron chi connectivity index (χ0n) is 19.3. The fourth-order valence-corrected chi connectivity index (χ4v) is 4.89. The maximum absolute atomic E-state index is 14.5. The van der Waals surface area contributed by atoms with Crippen molar-refractivity contribution >= 4 is 22.9 Å². The Bertz CT molecular complexity index is 1250. The van der Waals surface area contributed by atoms with E-state index in [9.17, 15) is 13.6 Å². The highest BCUT2D eigenvalue weighted by molar-refractivity contribution is 5.99. The largest absolute Gasteiger partial charge is 0.484 e. The van der Waals surface area contributed by atoms with Crippen LogP contribution in [0.25, 0.3) is 17.0 Å². The van der Waals surface area contributed by atoms with Gasteiger partial charge < -0.3 is 19.9 Å². The summed E-state index contributed by atoms with van der Waals surface area (Å²) in [6, 6.07) is 8.03. The summed E-state index contributed by atoms with van der Waals surface area (Å²) >= 11 is 0. The molecule has 0 atom stereocenters. The third-order valence-electron chi connectivity index (χ3n) is 6.86. The fourth-order valence-electron chi connectivity index (χ4n) is 4.89. The highest BCUT2D eigenvalue weighted by Gasteiger charge is 2.30. The van der Waals surface area contributed by atoms with Crippen LogP contribution < -0.4 is 10.1 Å². The standard InChI is InChI=1S/C27H29F2N3O2/c1-2-30-27(33)21-9-10-24(29)26-23(21)14-20(16-34-26)32(19-6-3-7-19)12-4-5-17-15-31-25-11-8-18(28)13-22(17)25/h8-11,13-15,19,31H,2-7,12,16H2,1H3,(H,30,33). The molecule has 1 aromatic heterocycles. The summed E-state index contributed by atoms with van der Waals surface area (Å²) in [4.78, 5) is 18.2. The molecule has 0 unspecified atom stereocenters. The Balaban J connectivity index is 1.38. The highest BCUT2D eigenvalue weighted by atomic mass is 19.1. The van der Waals surface area contributed by atoms with Crippen LogP contribution in [0.2, 0.25) is 0 Å². The molecule has 3 aromatic rings. The molecule has 34 heavy (non-hydrogen) atoms. The van der Waals surface area contributed by atoms with Gasteiger partial charge in [-0.25, -0.2) is 8.78 Å². The average Bonchev–Trinajstić information content (AvgIpc) is 3.19. The molecule has 5 rings (SSSR count). The van der Waals surface area contributed by atoms with Crippen molar-refractivity contribution in [3.63, 3.8) is 0 Å². The summed E-state index contributed by atoms with van der Waals surface area (Å²) in [7, 11) is 0. The van der Waals surface area contributed by atoms with Gasteiger partial charge in [0.1, 0.15) is 12.4 Å². The number of benzene rings is 2. The Labute approximate surface area is 197 Å². The second-order valence-corrected chi connectivity index (χ2v) is 9.01. The molecule has 2 heterocycles. The molecule has 1 aliphatic carbocycles. The van der Waals surface area contributed by atoms with E-state index in [1.807, 2.05) is 19.2 Å². The summed E-state index contributed by atoms with van der Waals surface area (Å²) in [5, 5.41) is 3.72. The van der Waals surface area contributed by atoms with Gasteiger partial charge in [-0.15, -0.1) is 0 Å². The molecule has 178 valence electrons. The van der Waals surface area contributed by atoms with E-state index < -0.39 is 5.82 Å². The number of halogens is 2. The third kappa shape index (κ3) is 4.27. The molecule has 0 spiro atoms. The van der Waals surface area contributed by atoms with Crippen LogP contribution in [0.1, 0.15) is 54.1 Å². The van der Waals surface area contributed by atoms with Crippen molar-refractivity contribution in [2.45, 2.75) is 45.1 Å². The lowest BCUT2D eigenvalue weighted by molar-refractivity contribution is 0.0954. The number of H-pyrrole nitrogens is 1. The van der Waals surface area contributed by atoms with Crippen molar-refractivity contribution in [1.82, 2.24) is 15.2 Å². The van der Waals surface area contributed by atoms with E-state index in [4.69, 9.17) is 4.74 Å². The fraction of sp³-hybridized carbons (Fsp3) is 0.370. The average molecular weight is 466 g/mol. The second-order valence-electron chi connectivity index (χ2n) is 9.01. The van der Waals surface area contributed by atoms with Crippen molar-refractivity contribution < 1.29 is 18.3 Å². The molecule has 2 aliphatic rings. The van der Waals surface area contributed by atoms with Gasteiger partial charge in [-0.2, -0.15) is 0 Å². The topological polar surface area (TPSA) is 57.4 Å². The van der Waals surface area contributed by atoms with Gasteiger partial charge in [-0.1, -0.05) is 0 Å². The maximum Gasteiger partial charge on any atom is 0.252 e. The van der Waals surface area contributed by atoms with Gasteiger partial charge in [-0.05, 0) is 81.0 Å². The van der Waals surface area contributed by atoms with Gasteiger partial charge in [0, 0.05) is 41.8 Å². The first-order valence-corrected chi connectivity index (χ1v) is 12.0. The number of amides is 1. The molecule has 1 fully saturated rings. The number of aryl methyl sites for hydroxylation is 1. The van der Waals surface area contributed by atoms with E-state index in [1.165, 1.54) is 24.6 Å². The zero-order chi connectivity index (χ0) is 23.7. The number of aromatic nitrogens is 1. The van der Waals surface area contributed by atoms with Crippen LogP contribution >= 0.6 is 0 Å². The summed E-state index contributed by atoms with van der Waals surface area (Å²) in [6.45, 7) is 3.43.